The Labute approximate surface area is 103 Å². The Balaban J connectivity index is 2.29. The summed E-state index contributed by atoms with van der Waals surface area (Å²) in [4.78, 5) is 12.2. The first kappa shape index (κ1) is 12.2. The molecule has 2 atom stereocenters. The van der Waals surface area contributed by atoms with Crippen LogP contribution in [0.15, 0.2) is 35.1 Å². The highest BCUT2D eigenvalue weighted by atomic mass is 16.5. The van der Waals surface area contributed by atoms with E-state index < -0.39 is 0 Å². The number of ketones is 1. The van der Waals surface area contributed by atoms with Crippen LogP contribution >= 0.6 is 0 Å². The maximum atomic E-state index is 12.2. The quantitative estimate of drug-likeness (QED) is 0.597. The molecule has 1 aliphatic heterocycles. The molecule has 0 amide bonds. The van der Waals surface area contributed by atoms with Crippen LogP contribution in [0.3, 0.4) is 0 Å². The minimum atomic E-state index is -0.0774. The van der Waals surface area contributed by atoms with Crippen molar-refractivity contribution in [2.45, 2.75) is 46.1 Å². The van der Waals surface area contributed by atoms with Crippen molar-refractivity contribution in [1.29, 1.82) is 0 Å². The van der Waals surface area contributed by atoms with E-state index in [1.807, 2.05) is 13.8 Å². The number of ether oxygens (including phenoxy) is 1. The summed E-state index contributed by atoms with van der Waals surface area (Å²) in [7, 11) is 0. The van der Waals surface area contributed by atoms with Crippen molar-refractivity contribution in [3.05, 3.63) is 35.1 Å². The van der Waals surface area contributed by atoms with Gasteiger partial charge in [0.1, 0.15) is 6.10 Å². The van der Waals surface area contributed by atoms with Crippen molar-refractivity contribution in [3.8, 4) is 0 Å². The number of allylic oxidation sites excluding steroid dienone is 3. The van der Waals surface area contributed by atoms with Crippen molar-refractivity contribution in [2.24, 2.45) is 5.92 Å². The molecule has 0 bridgehead atoms. The number of hydrogen-bond acceptors (Lipinski definition) is 2. The van der Waals surface area contributed by atoms with Gasteiger partial charge in [-0.15, -0.1) is 0 Å². The van der Waals surface area contributed by atoms with E-state index in [1.165, 1.54) is 11.1 Å². The van der Waals surface area contributed by atoms with E-state index >= 15 is 0 Å². The summed E-state index contributed by atoms with van der Waals surface area (Å²) in [6, 6.07) is 0. The maximum Gasteiger partial charge on any atom is 0.166 e. The minimum absolute atomic E-state index is 0.000833. The Kier molecular flexibility index (Phi) is 3.51. The maximum absolute atomic E-state index is 12.2. The van der Waals surface area contributed by atoms with Crippen molar-refractivity contribution in [2.75, 3.05) is 0 Å². The van der Waals surface area contributed by atoms with Crippen LogP contribution in [-0.2, 0) is 9.53 Å². The van der Waals surface area contributed by atoms with Gasteiger partial charge in [-0.2, -0.15) is 0 Å². The molecule has 17 heavy (non-hydrogen) atoms. The molecule has 2 heteroatoms. The normalized spacial score (nSPS) is 29.8. The molecule has 0 fully saturated rings. The Morgan fingerprint density at radius 3 is 2.76 bits per heavy atom. The zero-order valence-electron chi connectivity index (χ0n) is 10.8. The lowest BCUT2D eigenvalue weighted by atomic mass is 9.87. The van der Waals surface area contributed by atoms with Crippen molar-refractivity contribution in [3.63, 3.8) is 0 Å². The summed E-state index contributed by atoms with van der Waals surface area (Å²) in [5.41, 5.74) is 3.54. The number of carbonyl (C=O) groups is 1. The highest BCUT2D eigenvalue weighted by Gasteiger charge is 2.34. The third-order valence-corrected chi connectivity index (χ3v) is 3.54. The van der Waals surface area contributed by atoms with Gasteiger partial charge in [-0.3, -0.25) is 4.79 Å². The highest BCUT2D eigenvalue weighted by Crippen LogP contribution is 2.31. The molecule has 0 aromatic heterocycles. The van der Waals surface area contributed by atoms with Gasteiger partial charge in [0, 0.05) is 6.42 Å². The molecule has 2 rings (SSSR count). The van der Waals surface area contributed by atoms with E-state index in [0.717, 1.165) is 24.8 Å². The summed E-state index contributed by atoms with van der Waals surface area (Å²) in [6.07, 6.45) is 8.67. The Bertz CT molecular complexity index is 413. The summed E-state index contributed by atoms with van der Waals surface area (Å²) in [5.74, 6) is 0.125. The van der Waals surface area contributed by atoms with Gasteiger partial charge in [-0.05, 0) is 45.3 Å². The van der Waals surface area contributed by atoms with E-state index in [0.29, 0.717) is 0 Å². The summed E-state index contributed by atoms with van der Waals surface area (Å²) < 4.78 is 5.62. The van der Waals surface area contributed by atoms with Gasteiger partial charge in [-0.1, -0.05) is 17.2 Å². The van der Waals surface area contributed by atoms with E-state index in [-0.39, 0.29) is 17.8 Å². The van der Waals surface area contributed by atoms with Gasteiger partial charge in [0.15, 0.2) is 5.78 Å². The Hall–Kier alpha value is -1.31. The third kappa shape index (κ3) is 2.68. The predicted octanol–water partition coefficient (Wildman–Crippen LogP) is 3.55. The molecule has 2 aliphatic rings. The topological polar surface area (TPSA) is 26.3 Å². The second-order valence-electron chi connectivity index (χ2n) is 5.20. The number of rotatable bonds is 0. The molecule has 1 aliphatic carbocycles. The predicted molar refractivity (Wildman–Crippen MR) is 68.5 cm³/mol. The van der Waals surface area contributed by atoms with Gasteiger partial charge in [0.05, 0.1) is 12.2 Å². The lowest BCUT2D eigenvalue weighted by Gasteiger charge is -2.20. The molecule has 0 aromatic carbocycles. The molecule has 2 unspecified atom stereocenters. The standard InChI is InChI=1S/C15H20O2/c1-10-5-4-6-11(2)8-14-15(13(16)7-10)12(3)9-17-14/h6-7,9,14-15H,4-5,8H2,1-3H3. The lowest BCUT2D eigenvalue weighted by Crippen LogP contribution is -2.26. The molecular weight excluding hydrogens is 212 g/mol. The average Bonchev–Trinajstić information content (AvgIpc) is 2.58. The van der Waals surface area contributed by atoms with Crippen molar-refractivity contribution in [1.82, 2.24) is 0 Å². The molecule has 0 saturated carbocycles. The van der Waals surface area contributed by atoms with Gasteiger partial charge in [0.2, 0.25) is 0 Å². The summed E-state index contributed by atoms with van der Waals surface area (Å²) in [5, 5.41) is 0. The fourth-order valence-corrected chi connectivity index (χ4v) is 2.57. The molecule has 0 aromatic rings. The first-order chi connectivity index (χ1) is 8.08. The van der Waals surface area contributed by atoms with E-state index in [4.69, 9.17) is 4.74 Å². The van der Waals surface area contributed by atoms with Crippen molar-refractivity contribution >= 4 is 5.78 Å². The molecular formula is C15H20O2. The van der Waals surface area contributed by atoms with Crippen LogP contribution in [-0.4, -0.2) is 11.9 Å². The number of carbonyl (C=O) groups excluding carboxylic acids is 1. The van der Waals surface area contributed by atoms with Gasteiger partial charge < -0.3 is 4.74 Å². The summed E-state index contributed by atoms with van der Waals surface area (Å²) in [6.45, 7) is 6.14. The van der Waals surface area contributed by atoms with Crippen LogP contribution in [0.5, 0.6) is 0 Å². The molecule has 2 nitrogen and oxygen atoms in total. The number of fused-ring (bicyclic) bond motifs is 1. The van der Waals surface area contributed by atoms with Gasteiger partial charge in [-0.25, -0.2) is 0 Å². The first-order valence-corrected chi connectivity index (χ1v) is 6.26. The fraction of sp³-hybridized carbons (Fsp3) is 0.533. The van der Waals surface area contributed by atoms with Gasteiger partial charge >= 0.3 is 0 Å². The molecule has 0 saturated heterocycles. The monoisotopic (exact) mass is 232 g/mol. The molecule has 92 valence electrons. The van der Waals surface area contributed by atoms with Gasteiger partial charge in [0.25, 0.3) is 0 Å². The molecule has 0 spiro atoms. The zero-order chi connectivity index (χ0) is 12.4. The van der Waals surface area contributed by atoms with E-state index in [9.17, 15) is 4.79 Å². The Morgan fingerprint density at radius 1 is 1.24 bits per heavy atom. The molecule has 1 heterocycles. The van der Waals surface area contributed by atoms with Crippen LogP contribution in [0.25, 0.3) is 0 Å². The zero-order valence-corrected chi connectivity index (χ0v) is 10.8. The van der Waals surface area contributed by atoms with Crippen LogP contribution in [0, 0.1) is 5.92 Å². The SMILES string of the molecule is CC1=CC(=O)C2C(C)=COC2CC(C)=CCC1. The van der Waals surface area contributed by atoms with Crippen molar-refractivity contribution < 1.29 is 9.53 Å². The largest absolute Gasteiger partial charge is 0.497 e. The average molecular weight is 232 g/mol. The van der Waals surface area contributed by atoms with E-state index in [1.54, 1.807) is 12.3 Å². The fourth-order valence-electron chi connectivity index (χ4n) is 2.57. The second kappa shape index (κ2) is 4.91. The van der Waals surface area contributed by atoms with Crippen LogP contribution < -0.4 is 0 Å². The molecule has 0 radical (unpaired) electrons. The smallest absolute Gasteiger partial charge is 0.166 e. The third-order valence-electron chi connectivity index (χ3n) is 3.54. The highest BCUT2D eigenvalue weighted by molar-refractivity contribution is 5.95. The Morgan fingerprint density at radius 2 is 2.00 bits per heavy atom. The van der Waals surface area contributed by atoms with Crippen LogP contribution in [0.1, 0.15) is 40.0 Å². The van der Waals surface area contributed by atoms with Crippen LogP contribution in [0.4, 0.5) is 0 Å². The second-order valence-corrected chi connectivity index (χ2v) is 5.20. The van der Waals surface area contributed by atoms with Crippen LogP contribution in [0.2, 0.25) is 0 Å². The summed E-state index contributed by atoms with van der Waals surface area (Å²) >= 11 is 0. The number of hydrogen-bond donors (Lipinski definition) is 0. The minimum Gasteiger partial charge on any atom is -0.497 e. The van der Waals surface area contributed by atoms with E-state index in [2.05, 4.69) is 13.0 Å². The first-order valence-electron chi connectivity index (χ1n) is 6.26. The lowest BCUT2D eigenvalue weighted by molar-refractivity contribution is -0.119. The molecule has 0 N–H and O–H groups in total.